The van der Waals surface area contributed by atoms with Crippen LogP contribution in [-0.4, -0.2) is 12.6 Å². The molecule has 0 aromatic heterocycles. The lowest BCUT2D eigenvalue weighted by Gasteiger charge is -2.25. The third kappa shape index (κ3) is 3.10. The number of hydrogen-bond donors (Lipinski definition) is 0. The second kappa shape index (κ2) is 7.05. The van der Waals surface area contributed by atoms with Crippen LogP contribution in [0, 0.1) is 16.7 Å². The lowest BCUT2D eigenvalue weighted by molar-refractivity contribution is -0.150. The topological polar surface area (TPSA) is 50.1 Å². The van der Waals surface area contributed by atoms with E-state index in [0.717, 1.165) is 18.4 Å². The van der Waals surface area contributed by atoms with Crippen molar-refractivity contribution < 1.29 is 9.53 Å². The Labute approximate surface area is 98.1 Å². The molecule has 0 fully saturated rings. The summed E-state index contributed by atoms with van der Waals surface area (Å²) in [5.41, 5.74) is -0.303. The summed E-state index contributed by atoms with van der Waals surface area (Å²) >= 11 is 0. The smallest absolute Gasteiger partial charge is 0.330 e. The van der Waals surface area contributed by atoms with Crippen molar-refractivity contribution in [3.63, 3.8) is 0 Å². The average molecular weight is 223 g/mol. The van der Waals surface area contributed by atoms with Crippen LogP contribution < -0.4 is 0 Å². The molecular weight excluding hydrogens is 202 g/mol. The Morgan fingerprint density at radius 2 is 2.12 bits per heavy atom. The highest BCUT2D eigenvalue weighted by atomic mass is 16.5. The van der Waals surface area contributed by atoms with Gasteiger partial charge in [-0.3, -0.25) is 0 Å². The van der Waals surface area contributed by atoms with Crippen LogP contribution in [0.5, 0.6) is 0 Å². The van der Waals surface area contributed by atoms with E-state index >= 15 is 0 Å². The van der Waals surface area contributed by atoms with E-state index in [1.54, 1.807) is 6.92 Å². The third-order valence-electron chi connectivity index (χ3n) is 2.83. The van der Waals surface area contributed by atoms with Crippen molar-refractivity contribution in [2.45, 2.75) is 47.0 Å². The Morgan fingerprint density at radius 3 is 2.50 bits per heavy atom. The van der Waals surface area contributed by atoms with Crippen LogP contribution in [0.3, 0.4) is 0 Å². The zero-order valence-corrected chi connectivity index (χ0v) is 10.7. The molecule has 3 nitrogen and oxygen atoms in total. The SMILES string of the molecule is C/C=C(\C)[C@@](C#N)(CCCC)C(=O)OCC. The minimum absolute atomic E-state index is 0.311. The van der Waals surface area contributed by atoms with Crippen LogP contribution >= 0.6 is 0 Å². The highest BCUT2D eigenvalue weighted by molar-refractivity contribution is 5.83. The van der Waals surface area contributed by atoms with Gasteiger partial charge in [0.1, 0.15) is 0 Å². The first-order valence-corrected chi connectivity index (χ1v) is 5.80. The second-order valence-corrected chi connectivity index (χ2v) is 3.81. The number of rotatable bonds is 6. The molecule has 0 aromatic carbocycles. The van der Waals surface area contributed by atoms with E-state index in [2.05, 4.69) is 6.07 Å². The number of allylic oxidation sites excluding steroid dienone is 1. The van der Waals surface area contributed by atoms with Gasteiger partial charge in [0.05, 0.1) is 12.7 Å². The molecule has 0 aliphatic heterocycles. The predicted molar refractivity (Wildman–Crippen MR) is 63.6 cm³/mol. The third-order valence-corrected chi connectivity index (χ3v) is 2.83. The maximum absolute atomic E-state index is 11.9. The average Bonchev–Trinajstić information content (AvgIpc) is 2.30. The number of carbonyl (C=O) groups excluding carboxylic acids is 1. The summed E-state index contributed by atoms with van der Waals surface area (Å²) < 4.78 is 5.02. The molecule has 0 unspecified atom stereocenters. The van der Waals surface area contributed by atoms with Crippen molar-refractivity contribution in [2.75, 3.05) is 6.61 Å². The highest BCUT2D eigenvalue weighted by Gasteiger charge is 2.41. The molecule has 0 aliphatic carbocycles. The number of hydrogen-bond acceptors (Lipinski definition) is 3. The predicted octanol–water partition coefficient (Wildman–Crippen LogP) is 3.22. The Hall–Kier alpha value is -1.30. The summed E-state index contributed by atoms with van der Waals surface area (Å²) in [7, 11) is 0. The van der Waals surface area contributed by atoms with Crippen LogP contribution in [0.4, 0.5) is 0 Å². The summed E-state index contributed by atoms with van der Waals surface area (Å²) in [6.07, 6.45) is 4.15. The summed E-state index contributed by atoms with van der Waals surface area (Å²) in [5.74, 6) is -0.415. The van der Waals surface area contributed by atoms with Crippen molar-refractivity contribution in [1.29, 1.82) is 5.26 Å². The second-order valence-electron chi connectivity index (χ2n) is 3.81. The fraction of sp³-hybridized carbons (Fsp3) is 0.692. The van der Waals surface area contributed by atoms with Crippen LogP contribution in [0.1, 0.15) is 47.0 Å². The zero-order chi connectivity index (χ0) is 12.6. The van der Waals surface area contributed by atoms with Crippen molar-refractivity contribution in [1.82, 2.24) is 0 Å². The first kappa shape index (κ1) is 14.7. The van der Waals surface area contributed by atoms with E-state index in [9.17, 15) is 10.1 Å². The van der Waals surface area contributed by atoms with Crippen LogP contribution in [0.15, 0.2) is 11.6 Å². The summed E-state index contributed by atoms with van der Waals surface area (Å²) in [6.45, 7) is 7.76. The lowest BCUT2D eigenvalue weighted by Crippen LogP contribution is -2.33. The molecule has 0 amide bonds. The first-order chi connectivity index (χ1) is 7.58. The highest BCUT2D eigenvalue weighted by Crippen LogP contribution is 2.34. The quantitative estimate of drug-likeness (QED) is 0.513. The Kier molecular flexibility index (Phi) is 6.48. The van der Waals surface area contributed by atoms with E-state index < -0.39 is 11.4 Å². The van der Waals surface area contributed by atoms with E-state index in [0.29, 0.717) is 13.0 Å². The molecule has 0 saturated heterocycles. The molecule has 0 spiro atoms. The van der Waals surface area contributed by atoms with E-state index in [1.807, 2.05) is 26.8 Å². The Morgan fingerprint density at radius 1 is 1.50 bits per heavy atom. The number of ether oxygens (including phenoxy) is 1. The van der Waals surface area contributed by atoms with Gasteiger partial charge < -0.3 is 4.74 Å². The standard InChI is InChI=1S/C13H21NO2/c1-5-8-9-13(10-14,11(4)6-2)12(15)16-7-3/h6H,5,7-9H2,1-4H3/b11-6+/t13-/m0/s1. The van der Waals surface area contributed by atoms with Gasteiger partial charge in [-0.1, -0.05) is 25.8 Å². The normalized spacial score (nSPS) is 15.1. The minimum atomic E-state index is -1.08. The van der Waals surface area contributed by atoms with Gasteiger partial charge in [-0.25, -0.2) is 4.79 Å². The maximum Gasteiger partial charge on any atom is 0.330 e. The molecule has 0 radical (unpaired) electrons. The molecule has 3 heteroatoms. The minimum Gasteiger partial charge on any atom is -0.465 e. The molecular formula is C13H21NO2. The van der Waals surface area contributed by atoms with Crippen LogP contribution in [0.25, 0.3) is 0 Å². The molecule has 0 bridgehead atoms. The number of nitriles is 1. The molecule has 0 saturated carbocycles. The molecule has 0 aromatic rings. The van der Waals surface area contributed by atoms with Gasteiger partial charge in [-0.05, 0) is 32.8 Å². The molecule has 0 heterocycles. The van der Waals surface area contributed by atoms with Crippen molar-refractivity contribution in [3.8, 4) is 6.07 Å². The molecule has 1 atom stereocenters. The van der Waals surface area contributed by atoms with Gasteiger partial charge in [0, 0.05) is 0 Å². The van der Waals surface area contributed by atoms with Gasteiger partial charge in [0.2, 0.25) is 0 Å². The summed E-state index contributed by atoms with van der Waals surface area (Å²) in [5, 5.41) is 9.31. The van der Waals surface area contributed by atoms with Gasteiger partial charge in [0.25, 0.3) is 0 Å². The van der Waals surface area contributed by atoms with Crippen molar-refractivity contribution >= 4 is 5.97 Å². The lowest BCUT2D eigenvalue weighted by atomic mass is 9.77. The van der Waals surface area contributed by atoms with Gasteiger partial charge in [0.15, 0.2) is 5.41 Å². The first-order valence-electron chi connectivity index (χ1n) is 5.80. The number of esters is 1. The van der Waals surface area contributed by atoms with E-state index in [4.69, 9.17) is 4.74 Å². The maximum atomic E-state index is 11.9. The molecule has 16 heavy (non-hydrogen) atoms. The van der Waals surface area contributed by atoms with Crippen molar-refractivity contribution in [2.24, 2.45) is 5.41 Å². The fourth-order valence-electron chi connectivity index (χ4n) is 1.59. The molecule has 0 rings (SSSR count). The summed E-state index contributed by atoms with van der Waals surface area (Å²) in [4.78, 5) is 11.9. The molecule has 90 valence electrons. The van der Waals surface area contributed by atoms with Crippen molar-refractivity contribution in [3.05, 3.63) is 11.6 Å². The number of carbonyl (C=O) groups is 1. The summed E-state index contributed by atoms with van der Waals surface area (Å²) in [6, 6.07) is 2.14. The van der Waals surface area contributed by atoms with E-state index in [1.165, 1.54) is 0 Å². The van der Waals surface area contributed by atoms with Gasteiger partial charge in [-0.15, -0.1) is 0 Å². The fourth-order valence-corrected chi connectivity index (χ4v) is 1.59. The van der Waals surface area contributed by atoms with Crippen LogP contribution in [0.2, 0.25) is 0 Å². The Bertz CT molecular complexity index is 302. The zero-order valence-electron chi connectivity index (χ0n) is 10.7. The number of unbranched alkanes of at least 4 members (excludes halogenated alkanes) is 1. The molecule has 0 aliphatic rings. The van der Waals surface area contributed by atoms with E-state index in [-0.39, 0.29) is 0 Å². The number of nitrogens with zero attached hydrogens (tertiary/aromatic N) is 1. The largest absolute Gasteiger partial charge is 0.465 e. The van der Waals surface area contributed by atoms with Gasteiger partial charge in [-0.2, -0.15) is 5.26 Å². The monoisotopic (exact) mass is 223 g/mol. The van der Waals surface area contributed by atoms with Crippen LogP contribution in [-0.2, 0) is 9.53 Å². The van der Waals surface area contributed by atoms with Gasteiger partial charge >= 0.3 is 5.97 Å². The Balaban J connectivity index is 5.13. The molecule has 0 N–H and O–H groups in total.